The van der Waals surface area contributed by atoms with Gasteiger partial charge in [0, 0.05) is 25.4 Å². The third kappa shape index (κ3) is 2.08. The fourth-order valence-corrected chi connectivity index (χ4v) is 3.83. The Morgan fingerprint density at radius 3 is 3.00 bits per heavy atom. The molecule has 0 spiro atoms. The van der Waals surface area contributed by atoms with Crippen molar-refractivity contribution in [2.24, 2.45) is 5.92 Å². The van der Waals surface area contributed by atoms with E-state index in [9.17, 15) is 4.79 Å². The number of hydrogen-bond acceptors (Lipinski definition) is 3. The van der Waals surface area contributed by atoms with E-state index in [-0.39, 0.29) is 5.91 Å². The van der Waals surface area contributed by atoms with Crippen molar-refractivity contribution in [1.29, 1.82) is 0 Å². The van der Waals surface area contributed by atoms with Crippen molar-refractivity contribution in [3.8, 4) is 0 Å². The number of rotatable bonds is 2. The van der Waals surface area contributed by atoms with Crippen LogP contribution in [0.25, 0.3) is 0 Å². The molecule has 3 aliphatic heterocycles. The van der Waals surface area contributed by atoms with Crippen LogP contribution in [-0.4, -0.2) is 31.2 Å². The summed E-state index contributed by atoms with van der Waals surface area (Å²) in [6.45, 7) is 1.81. The fourth-order valence-electron chi connectivity index (χ4n) is 3.83. The number of nitrogens with zero attached hydrogens (tertiary/aromatic N) is 1. The van der Waals surface area contributed by atoms with Crippen molar-refractivity contribution < 1.29 is 9.53 Å². The summed E-state index contributed by atoms with van der Waals surface area (Å²) in [7, 11) is 0. The van der Waals surface area contributed by atoms with Crippen molar-refractivity contribution in [1.82, 2.24) is 0 Å². The van der Waals surface area contributed by atoms with Crippen LogP contribution >= 0.6 is 0 Å². The van der Waals surface area contributed by atoms with Gasteiger partial charge >= 0.3 is 0 Å². The van der Waals surface area contributed by atoms with Gasteiger partial charge in [0.25, 0.3) is 0 Å². The number of anilines is 2. The van der Waals surface area contributed by atoms with Crippen molar-refractivity contribution in [2.45, 2.75) is 37.9 Å². The standard InChI is InChI=1S/C16H20N2O2/c19-16-7-8-18(14-4-2-1-3-13(14)17-16)10-11-9-12-5-6-15(11)20-12/h1-4,11-12,15H,5-10H2,(H,17,19). The summed E-state index contributed by atoms with van der Waals surface area (Å²) < 4.78 is 5.96. The molecule has 3 aliphatic rings. The number of carbonyl (C=O) groups excluding carboxylic acids is 1. The Balaban J connectivity index is 1.57. The molecule has 1 aromatic carbocycles. The molecule has 20 heavy (non-hydrogen) atoms. The highest BCUT2D eigenvalue weighted by Crippen LogP contribution is 2.40. The van der Waals surface area contributed by atoms with Crippen LogP contribution < -0.4 is 10.2 Å². The van der Waals surface area contributed by atoms with Crippen LogP contribution in [0.1, 0.15) is 25.7 Å². The first-order chi connectivity index (χ1) is 9.79. The predicted octanol–water partition coefficient (Wildman–Crippen LogP) is 2.40. The second kappa shape index (κ2) is 4.77. The molecule has 2 fully saturated rings. The van der Waals surface area contributed by atoms with Gasteiger partial charge in [-0.3, -0.25) is 4.79 Å². The van der Waals surface area contributed by atoms with E-state index in [1.165, 1.54) is 19.3 Å². The molecule has 0 saturated carbocycles. The van der Waals surface area contributed by atoms with Crippen LogP contribution in [0.2, 0.25) is 0 Å². The average molecular weight is 272 g/mol. The van der Waals surface area contributed by atoms with Crippen LogP contribution in [0.5, 0.6) is 0 Å². The first-order valence-electron chi connectivity index (χ1n) is 7.59. The smallest absolute Gasteiger partial charge is 0.226 e. The summed E-state index contributed by atoms with van der Waals surface area (Å²) in [6.07, 6.45) is 5.13. The topological polar surface area (TPSA) is 41.6 Å². The van der Waals surface area contributed by atoms with Crippen molar-refractivity contribution in [3.05, 3.63) is 24.3 Å². The van der Waals surface area contributed by atoms with E-state index in [1.807, 2.05) is 18.2 Å². The monoisotopic (exact) mass is 272 g/mol. The van der Waals surface area contributed by atoms with Gasteiger partial charge in [-0.05, 0) is 31.4 Å². The maximum Gasteiger partial charge on any atom is 0.226 e. The maximum atomic E-state index is 11.8. The minimum Gasteiger partial charge on any atom is -0.375 e. The number of hydrogen-bond donors (Lipinski definition) is 1. The van der Waals surface area contributed by atoms with E-state index in [2.05, 4.69) is 16.3 Å². The summed E-state index contributed by atoms with van der Waals surface area (Å²) in [5.74, 6) is 0.735. The summed E-state index contributed by atoms with van der Waals surface area (Å²) in [5.41, 5.74) is 2.10. The quantitative estimate of drug-likeness (QED) is 0.899. The van der Waals surface area contributed by atoms with Crippen LogP contribution in [0.4, 0.5) is 11.4 Å². The molecule has 4 nitrogen and oxygen atoms in total. The zero-order chi connectivity index (χ0) is 13.5. The molecule has 106 valence electrons. The van der Waals surface area contributed by atoms with E-state index >= 15 is 0 Å². The number of ether oxygens (including phenoxy) is 1. The van der Waals surface area contributed by atoms with Gasteiger partial charge in [0.15, 0.2) is 0 Å². The third-order valence-electron chi connectivity index (χ3n) is 4.81. The number of nitrogens with one attached hydrogen (secondary N) is 1. The minimum absolute atomic E-state index is 0.115. The van der Waals surface area contributed by atoms with Crippen molar-refractivity contribution in [3.63, 3.8) is 0 Å². The molecule has 1 N–H and O–H groups in total. The highest BCUT2D eigenvalue weighted by Gasteiger charge is 2.41. The minimum atomic E-state index is 0.115. The molecule has 0 aliphatic carbocycles. The molecule has 3 heterocycles. The Bertz CT molecular complexity index is 531. The van der Waals surface area contributed by atoms with Crippen molar-refractivity contribution in [2.75, 3.05) is 23.3 Å². The number of para-hydroxylation sites is 2. The molecule has 1 amide bonds. The van der Waals surface area contributed by atoms with Gasteiger partial charge in [0.1, 0.15) is 0 Å². The zero-order valence-electron chi connectivity index (χ0n) is 11.5. The zero-order valence-corrected chi connectivity index (χ0v) is 11.5. The van der Waals surface area contributed by atoms with E-state index in [1.54, 1.807) is 0 Å². The van der Waals surface area contributed by atoms with Crippen LogP contribution in [-0.2, 0) is 9.53 Å². The molecular weight excluding hydrogens is 252 g/mol. The molecule has 4 heteroatoms. The van der Waals surface area contributed by atoms with E-state index < -0.39 is 0 Å². The van der Waals surface area contributed by atoms with Gasteiger partial charge in [0.2, 0.25) is 5.91 Å². The largest absolute Gasteiger partial charge is 0.375 e. The molecule has 0 radical (unpaired) electrons. The molecule has 2 saturated heterocycles. The van der Waals surface area contributed by atoms with Gasteiger partial charge < -0.3 is 15.0 Å². The molecule has 3 atom stereocenters. The molecule has 4 rings (SSSR count). The normalized spacial score (nSPS) is 31.9. The van der Waals surface area contributed by atoms with E-state index in [4.69, 9.17) is 4.74 Å². The lowest BCUT2D eigenvalue weighted by molar-refractivity contribution is -0.115. The lowest BCUT2D eigenvalue weighted by Gasteiger charge is -2.29. The lowest BCUT2D eigenvalue weighted by atomic mass is 9.88. The number of benzene rings is 1. The number of carbonyl (C=O) groups is 1. The number of amides is 1. The van der Waals surface area contributed by atoms with Gasteiger partial charge in [-0.1, -0.05) is 12.1 Å². The Morgan fingerprint density at radius 1 is 1.30 bits per heavy atom. The summed E-state index contributed by atoms with van der Waals surface area (Å²) in [4.78, 5) is 14.2. The Morgan fingerprint density at radius 2 is 2.20 bits per heavy atom. The summed E-state index contributed by atoms with van der Waals surface area (Å²) >= 11 is 0. The van der Waals surface area contributed by atoms with Gasteiger partial charge in [0.05, 0.1) is 23.6 Å². The molecule has 2 bridgehead atoms. The van der Waals surface area contributed by atoms with Gasteiger partial charge in [-0.15, -0.1) is 0 Å². The summed E-state index contributed by atoms with van der Waals surface area (Å²) in [5, 5.41) is 3.00. The van der Waals surface area contributed by atoms with Crippen LogP contribution in [0.3, 0.4) is 0 Å². The third-order valence-corrected chi connectivity index (χ3v) is 4.81. The first-order valence-corrected chi connectivity index (χ1v) is 7.59. The molecule has 3 unspecified atom stereocenters. The maximum absolute atomic E-state index is 11.8. The fraction of sp³-hybridized carbons (Fsp3) is 0.562. The summed E-state index contributed by atoms with van der Waals surface area (Å²) in [6, 6.07) is 8.11. The predicted molar refractivity (Wildman–Crippen MR) is 77.9 cm³/mol. The van der Waals surface area contributed by atoms with Crippen LogP contribution in [0.15, 0.2) is 24.3 Å². The Kier molecular flexibility index (Phi) is 2.91. The molecular formula is C16H20N2O2. The van der Waals surface area contributed by atoms with Gasteiger partial charge in [-0.25, -0.2) is 0 Å². The average Bonchev–Trinajstić information content (AvgIpc) is 3.02. The van der Waals surface area contributed by atoms with Crippen molar-refractivity contribution >= 4 is 17.3 Å². The first kappa shape index (κ1) is 12.2. The van der Waals surface area contributed by atoms with Gasteiger partial charge in [-0.2, -0.15) is 0 Å². The molecule has 0 aromatic heterocycles. The highest BCUT2D eigenvalue weighted by molar-refractivity contribution is 5.96. The second-order valence-electron chi connectivity index (χ2n) is 6.13. The number of fused-ring (bicyclic) bond motifs is 3. The SMILES string of the molecule is O=C1CCN(CC2CC3CCC2O3)c2ccccc2N1. The van der Waals surface area contributed by atoms with E-state index in [0.29, 0.717) is 24.5 Å². The lowest BCUT2D eigenvalue weighted by Crippen LogP contribution is -2.34. The van der Waals surface area contributed by atoms with E-state index in [0.717, 1.165) is 24.5 Å². The molecule has 1 aromatic rings. The van der Waals surface area contributed by atoms with Crippen LogP contribution in [0, 0.1) is 5.92 Å². The highest BCUT2D eigenvalue weighted by atomic mass is 16.5. The second-order valence-corrected chi connectivity index (χ2v) is 6.13. The Hall–Kier alpha value is -1.55. The Labute approximate surface area is 119 Å².